The summed E-state index contributed by atoms with van der Waals surface area (Å²) in [6, 6.07) is 21.1. The number of amides is 1. The quantitative estimate of drug-likeness (QED) is 0.401. The summed E-state index contributed by atoms with van der Waals surface area (Å²) in [7, 11) is 0. The third kappa shape index (κ3) is 6.85. The van der Waals surface area contributed by atoms with Crippen LogP contribution in [0.2, 0.25) is 0 Å². The molecule has 174 valence electrons. The van der Waals surface area contributed by atoms with E-state index < -0.39 is 0 Å². The minimum Gasteiger partial charge on any atom is -0.369 e. The number of rotatable bonds is 9. The number of anilines is 1. The molecule has 1 aliphatic rings. The van der Waals surface area contributed by atoms with Crippen molar-refractivity contribution in [2.75, 3.05) is 37.6 Å². The number of thioether (sulfide) groups is 1. The number of hydrogen-bond acceptors (Lipinski definition) is 5. The summed E-state index contributed by atoms with van der Waals surface area (Å²) in [5.74, 6) is 0.924. The molecule has 3 aromatic rings. The molecule has 1 aliphatic heterocycles. The van der Waals surface area contributed by atoms with Gasteiger partial charge in [0.25, 0.3) is 5.91 Å². The molecule has 0 radical (unpaired) electrons. The van der Waals surface area contributed by atoms with Crippen LogP contribution in [0.25, 0.3) is 0 Å². The Hall–Kier alpha value is -2.28. The lowest BCUT2D eigenvalue weighted by Crippen LogP contribution is -2.47. The largest absolute Gasteiger partial charge is 0.369 e. The zero-order valence-corrected chi connectivity index (χ0v) is 21.1. The number of benzene rings is 2. The molecule has 0 aliphatic carbocycles. The molecular formula is C27H33N3OS2. The fraction of sp³-hybridized carbons (Fsp3) is 0.370. The Labute approximate surface area is 206 Å². The van der Waals surface area contributed by atoms with E-state index in [9.17, 15) is 4.79 Å². The van der Waals surface area contributed by atoms with Crippen LogP contribution in [0.4, 0.5) is 5.69 Å². The van der Waals surface area contributed by atoms with E-state index in [2.05, 4.69) is 70.7 Å². The summed E-state index contributed by atoms with van der Waals surface area (Å²) in [5.41, 5.74) is 3.41. The van der Waals surface area contributed by atoms with Gasteiger partial charge in [0.2, 0.25) is 0 Å². The molecule has 2 heterocycles. The highest BCUT2D eigenvalue weighted by molar-refractivity contribution is 7.98. The van der Waals surface area contributed by atoms with Crippen molar-refractivity contribution in [3.63, 3.8) is 0 Å². The van der Waals surface area contributed by atoms with Gasteiger partial charge in [-0.15, -0.1) is 23.1 Å². The van der Waals surface area contributed by atoms with E-state index in [0.29, 0.717) is 0 Å². The lowest BCUT2D eigenvalue weighted by atomic mass is 10.1. The molecule has 2 aromatic carbocycles. The molecule has 6 heteroatoms. The first-order valence-corrected chi connectivity index (χ1v) is 13.5. The maximum absolute atomic E-state index is 13.0. The molecule has 0 bridgehead atoms. The molecule has 1 N–H and O–H groups in total. The number of piperazine rings is 1. The molecule has 1 aromatic heterocycles. The van der Waals surface area contributed by atoms with Gasteiger partial charge in [0.05, 0.1) is 5.56 Å². The number of carbonyl (C=O) groups excluding carboxylic acids is 1. The van der Waals surface area contributed by atoms with Gasteiger partial charge in [-0.3, -0.25) is 9.69 Å². The normalized spacial score (nSPS) is 15.4. The Morgan fingerprint density at radius 1 is 1.06 bits per heavy atom. The van der Waals surface area contributed by atoms with Gasteiger partial charge in [-0.2, -0.15) is 0 Å². The third-order valence-electron chi connectivity index (χ3n) is 6.08. The SMILES string of the molecule is Cc1cccc(N2CCN(CCC(C)NC(=O)c3ccccc3SCc3cccs3)CC2)c1. The van der Waals surface area contributed by atoms with Gasteiger partial charge in [0.1, 0.15) is 0 Å². The van der Waals surface area contributed by atoms with E-state index in [1.807, 2.05) is 24.3 Å². The lowest BCUT2D eigenvalue weighted by molar-refractivity contribution is 0.0932. The summed E-state index contributed by atoms with van der Waals surface area (Å²) in [4.78, 5) is 20.3. The van der Waals surface area contributed by atoms with Crippen molar-refractivity contribution in [2.24, 2.45) is 0 Å². The third-order valence-corrected chi connectivity index (χ3v) is 8.26. The molecular weight excluding hydrogens is 446 g/mol. The standard InChI is InChI=1S/C27H33N3OS2/c1-21-7-5-8-23(19-21)30-16-14-29(15-17-30)13-12-22(2)28-27(31)25-10-3-4-11-26(25)33-20-24-9-6-18-32-24/h3-11,18-19,22H,12-17,20H2,1-2H3,(H,28,31). The number of carbonyl (C=O) groups is 1. The van der Waals surface area contributed by atoms with Gasteiger partial charge < -0.3 is 10.2 Å². The maximum atomic E-state index is 13.0. The first-order chi connectivity index (χ1) is 16.1. The van der Waals surface area contributed by atoms with E-state index in [1.165, 1.54) is 16.1 Å². The summed E-state index contributed by atoms with van der Waals surface area (Å²) < 4.78 is 0. The predicted octanol–water partition coefficient (Wildman–Crippen LogP) is 5.68. The van der Waals surface area contributed by atoms with Crippen molar-refractivity contribution in [2.45, 2.75) is 37.0 Å². The van der Waals surface area contributed by atoms with Gasteiger partial charge in [0.15, 0.2) is 0 Å². The van der Waals surface area contributed by atoms with Gasteiger partial charge >= 0.3 is 0 Å². The monoisotopic (exact) mass is 479 g/mol. The van der Waals surface area contributed by atoms with Crippen molar-refractivity contribution >= 4 is 34.7 Å². The average molecular weight is 480 g/mol. The summed E-state index contributed by atoms with van der Waals surface area (Å²) in [5, 5.41) is 5.32. The van der Waals surface area contributed by atoms with Crippen LogP contribution in [0.1, 0.15) is 34.1 Å². The second-order valence-electron chi connectivity index (χ2n) is 8.70. The van der Waals surface area contributed by atoms with Crippen LogP contribution in [0.5, 0.6) is 0 Å². The lowest BCUT2D eigenvalue weighted by Gasteiger charge is -2.36. The van der Waals surface area contributed by atoms with Crippen molar-refractivity contribution in [1.29, 1.82) is 0 Å². The van der Waals surface area contributed by atoms with Gasteiger partial charge in [0, 0.05) is 60.0 Å². The molecule has 33 heavy (non-hydrogen) atoms. The molecule has 0 spiro atoms. The highest BCUT2D eigenvalue weighted by atomic mass is 32.2. The number of hydrogen-bond donors (Lipinski definition) is 1. The summed E-state index contributed by atoms with van der Waals surface area (Å²) >= 11 is 3.49. The van der Waals surface area contributed by atoms with Crippen LogP contribution in [-0.4, -0.2) is 49.6 Å². The van der Waals surface area contributed by atoms with Crippen molar-refractivity contribution in [3.05, 3.63) is 82.0 Å². The number of nitrogens with one attached hydrogen (secondary N) is 1. The number of aryl methyl sites for hydroxylation is 1. The molecule has 0 saturated carbocycles. The predicted molar refractivity (Wildman–Crippen MR) is 142 cm³/mol. The number of thiophene rings is 1. The minimum atomic E-state index is 0.0287. The van der Waals surface area contributed by atoms with Crippen LogP contribution >= 0.6 is 23.1 Å². The van der Waals surface area contributed by atoms with Gasteiger partial charge in [-0.1, -0.05) is 30.3 Å². The fourth-order valence-corrected chi connectivity index (χ4v) is 5.95. The van der Waals surface area contributed by atoms with Crippen molar-refractivity contribution in [3.8, 4) is 0 Å². The molecule has 1 amide bonds. The average Bonchev–Trinajstić information content (AvgIpc) is 3.36. The van der Waals surface area contributed by atoms with Crippen LogP contribution in [0.3, 0.4) is 0 Å². The summed E-state index contributed by atoms with van der Waals surface area (Å²) in [6.07, 6.45) is 0.959. The Balaban J connectivity index is 1.22. The second kappa shape index (κ2) is 11.7. The smallest absolute Gasteiger partial charge is 0.252 e. The Bertz CT molecular complexity index is 1030. The Morgan fingerprint density at radius 2 is 1.88 bits per heavy atom. The fourth-order valence-electron chi connectivity index (χ4n) is 4.13. The maximum Gasteiger partial charge on any atom is 0.252 e. The van der Waals surface area contributed by atoms with Crippen LogP contribution in [0, 0.1) is 6.92 Å². The van der Waals surface area contributed by atoms with E-state index >= 15 is 0 Å². The molecule has 4 rings (SSSR count). The van der Waals surface area contributed by atoms with Gasteiger partial charge in [-0.25, -0.2) is 0 Å². The van der Waals surface area contributed by atoms with Crippen LogP contribution in [-0.2, 0) is 5.75 Å². The number of nitrogens with zero attached hydrogens (tertiary/aromatic N) is 2. The second-order valence-corrected chi connectivity index (χ2v) is 10.7. The van der Waals surface area contributed by atoms with Crippen LogP contribution < -0.4 is 10.2 Å². The van der Waals surface area contributed by atoms with Crippen LogP contribution in [0.15, 0.2) is 70.9 Å². The zero-order chi connectivity index (χ0) is 23.0. The van der Waals surface area contributed by atoms with E-state index in [0.717, 1.165) is 55.4 Å². The molecule has 1 saturated heterocycles. The molecule has 4 nitrogen and oxygen atoms in total. The van der Waals surface area contributed by atoms with Gasteiger partial charge in [-0.05, 0) is 61.5 Å². The first-order valence-electron chi connectivity index (χ1n) is 11.7. The summed E-state index contributed by atoms with van der Waals surface area (Å²) in [6.45, 7) is 9.52. The van der Waals surface area contributed by atoms with E-state index in [1.54, 1.807) is 23.1 Å². The molecule has 1 atom stereocenters. The Kier molecular flexibility index (Phi) is 8.48. The highest BCUT2D eigenvalue weighted by Crippen LogP contribution is 2.28. The molecule has 1 unspecified atom stereocenters. The van der Waals surface area contributed by atoms with E-state index in [-0.39, 0.29) is 11.9 Å². The minimum absolute atomic E-state index is 0.0287. The topological polar surface area (TPSA) is 35.6 Å². The molecule has 1 fully saturated rings. The highest BCUT2D eigenvalue weighted by Gasteiger charge is 2.19. The van der Waals surface area contributed by atoms with E-state index in [4.69, 9.17) is 0 Å². The first kappa shape index (κ1) is 23.9. The van der Waals surface area contributed by atoms with Crippen molar-refractivity contribution < 1.29 is 4.79 Å². The Morgan fingerprint density at radius 3 is 2.64 bits per heavy atom. The zero-order valence-electron chi connectivity index (χ0n) is 19.5. The van der Waals surface area contributed by atoms with Crippen molar-refractivity contribution in [1.82, 2.24) is 10.2 Å².